The van der Waals surface area contributed by atoms with Gasteiger partial charge in [-0.1, -0.05) is 5.10 Å². The Morgan fingerprint density at radius 3 is 2.40 bits per heavy atom. The Balaban J connectivity index is 2.03. The van der Waals surface area contributed by atoms with Crippen molar-refractivity contribution in [2.75, 3.05) is 19.0 Å². The van der Waals surface area contributed by atoms with Crippen LogP contribution < -0.4 is 10.6 Å². The summed E-state index contributed by atoms with van der Waals surface area (Å²) >= 11 is 0. The zero-order valence-electron chi connectivity index (χ0n) is 9.31. The molecule has 1 aromatic rings. The molecule has 0 unspecified atom stereocenters. The molecule has 84 valence electrons. The number of rotatable bonds is 2. The molecule has 0 aromatic carbocycles. The number of hydrogen-bond acceptors (Lipinski definition) is 5. The number of aromatic nitrogens is 2. The summed E-state index contributed by atoms with van der Waals surface area (Å²) in [5.41, 5.74) is 5.85. The smallest absolute Gasteiger partial charge is 0.317 e. The van der Waals surface area contributed by atoms with Crippen LogP contribution in [-0.4, -0.2) is 30.3 Å². The van der Waals surface area contributed by atoms with E-state index in [0.29, 0.717) is 18.0 Å². The van der Waals surface area contributed by atoms with Crippen LogP contribution in [0, 0.1) is 0 Å². The fourth-order valence-corrected chi connectivity index (χ4v) is 1.94. The van der Waals surface area contributed by atoms with Crippen LogP contribution in [0.4, 0.5) is 6.01 Å². The number of anilines is 1. The first-order chi connectivity index (χ1) is 7.16. The van der Waals surface area contributed by atoms with Gasteiger partial charge in [-0.3, -0.25) is 0 Å². The van der Waals surface area contributed by atoms with Crippen LogP contribution in [0.2, 0.25) is 0 Å². The molecule has 1 heterocycles. The van der Waals surface area contributed by atoms with Gasteiger partial charge in [-0.25, -0.2) is 0 Å². The molecular formula is C10H18N4O. The summed E-state index contributed by atoms with van der Waals surface area (Å²) in [5, 5.41) is 8.07. The molecule has 0 radical (unpaired) electrons. The van der Waals surface area contributed by atoms with E-state index in [1.807, 2.05) is 19.0 Å². The highest BCUT2D eigenvalue weighted by Gasteiger charge is 2.24. The van der Waals surface area contributed by atoms with E-state index in [-0.39, 0.29) is 0 Å². The lowest BCUT2D eigenvalue weighted by Gasteiger charge is -2.23. The monoisotopic (exact) mass is 210 g/mol. The lowest BCUT2D eigenvalue weighted by atomic mass is 9.86. The fraction of sp³-hybridized carbons (Fsp3) is 0.800. The predicted octanol–water partition coefficient (Wildman–Crippen LogP) is 1.12. The van der Waals surface area contributed by atoms with Gasteiger partial charge in [-0.15, -0.1) is 5.10 Å². The Kier molecular flexibility index (Phi) is 2.90. The molecule has 2 N–H and O–H groups in total. The van der Waals surface area contributed by atoms with E-state index in [2.05, 4.69) is 10.2 Å². The highest BCUT2D eigenvalue weighted by atomic mass is 16.4. The van der Waals surface area contributed by atoms with E-state index in [9.17, 15) is 0 Å². The Morgan fingerprint density at radius 1 is 1.20 bits per heavy atom. The number of nitrogens with two attached hydrogens (primary N) is 1. The molecule has 15 heavy (non-hydrogen) atoms. The standard InChI is InChI=1S/C10H18N4O/c1-14(2)10-13-12-9(15-10)7-3-5-8(11)6-4-7/h7-8H,3-6,11H2,1-2H3. The van der Waals surface area contributed by atoms with E-state index >= 15 is 0 Å². The molecule has 1 aliphatic rings. The van der Waals surface area contributed by atoms with Gasteiger partial charge < -0.3 is 15.1 Å². The van der Waals surface area contributed by atoms with Crippen molar-refractivity contribution in [2.45, 2.75) is 37.6 Å². The van der Waals surface area contributed by atoms with E-state index in [1.54, 1.807) is 0 Å². The highest BCUT2D eigenvalue weighted by Crippen LogP contribution is 2.32. The summed E-state index contributed by atoms with van der Waals surface area (Å²) in [5.74, 6) is 1.18. The van der Waals surface area contributed by atoms with Crippen molar-refractivity contribution in [1.82, 2.24) is 10.2 Å². The van der Waals surface area contributed by atoms with E-state index in [1.165, 1.54) is 0 Å². The molecule has 1 aliphatic carbocycles. The van der Waals surface area contributed by atoms with Gasteiger partial charge in [0.1, 0.15) is 0 Å². The Morgan fingerprint density at radius 2 is 1.87 bits per heavy atom. The van der Waals surface area contributed by atoms with Crippen LogP contribution in [0.5, 0.6) is 0 Å². The van der Waals surface area contributed by atoms with Crippen LogP contribution in [0.25, 0.3) is 0 Å². The fourth-order valence-electron chi connectivity index (χ4n) is 1.94. The molecule has 5 heteroatoms. The summed E-state index contributed by atoms with van der Waals surface area (Å²) < 4.78 is 5.58. The molecule has 0 atom stereocenters. The predicted molar refractivity (Wildman–Crippen MR) is 57.8 cm³/mol. The molecular weight excluding hydrogens is 192 g/mol. The minimum absolute atomic E-state index is 0.359. The van der Waals surface area contributed by atoms with E-state index < -0.39 is 0 Å². The van der Waals surface area contributed by atoms with Gasteiger partial charge in [0.2, 0.25) is 5.89 Å². The summed E-state index contributed by atoms with van der Waals surface area (Å²) in [7, 11) is 3.79. The normalized spacial score (nSPS) is 26.6. The summed E-state index contributed by atoms with van der Waals surface area (Å²) in [6, 6.07) is 0.942. The third-order valence-corrected chi connectivity index (χ3v) is 2.93. The van der Waals surface area contributed by atoms with Gasteiger partial charge in [-0.2, -0.15) is 0 Å². The lowest BCUT2D eigenvalue weighted by Crippen LogP contribution is -2.25. The maximum Gasteiger partial charge on any atom is 0.317 e. The molecule has 0 aliphatic heterocycles. The van der Waals surface area contributed by atoms with Crippen LogP contribution >= 0.6 is 0 Å². The topological polar surface area (TPSA) is 68.2 Å². The first kappa shape index (κ1) is 10.4. The van der Waals surface area contributed by atoms with Crippen molar-refractivity contribution < 1.29 is 4.42 Å². The maximum absolute atomic E-state index is 5.85. The lowest BCUT2D eigenvalue weighted by molar-refractivity contribution is 0.340. The third-order valence-electron chi connectivity index (χ3n) is 2.93. The second kappa shape index (κ2) is 4.18. The number of hydrogen-bond donors (Lipinski definition) is 1. The van der Waals surface area contributed by atoms with Crippen molar-refractivity contribution in [3.63, 3.8) is 0 Å². The van der Waals surface area contributed by atoms with Crippen molar-refractivity contribution in [2.24, 2.45) is 5.73 Å². The van der Waals surface area contributed by atoms with E-state index in [0.717, 1.165) is 31.6 Å². The van der Waals surface area contributed by atoms with Gasteiger partial charge in [0.05, 0.1) is 0 Å². The van der Waals surface area contributed by atoms with Crippen molar-refractivity contribution >= 4 is 6.01 Å². The molecule has 0 bridgehead atoms. The third kappa shape index (κ3) is 2.28. The average molecular weight is 210 g/mol. The summed E-state index contributed by atoms with van der Waals surface area (Å²) in [6.45, 7) is 0. The molecule has 2 rings (SSSR count). The van der Waals surface area contributed by atoms with Crippen LogP contribution in [0.3, 0.4) is 0 Å². The van der Waals surface area contributed by atoms with Crippen molar-refractivity contribution in [1.29, 1.82) is 0 Å². The molecule has 0 spiro atoms. The first-order valence-electron chi connectivity index (χ1n) is 5.43. The largest absolute Gasteiger partial charge is 0.408 e. The Hall–Kier alpha value is -1.10. The van der Waals surface area contributed by atoms with Crippen LogP contribution in [-0.2, 0) is 0 Å². The van der Waals surface area contributed by atoms with E-state index in [4.69, 9.17) is 10.2 Å². The molecule has 1 fully saturated rings. The molecule has 1 saturated carbocycles. The van der Waals surface area contributed by atoms with Crippen LogP contribution in [0.1, 0.15) is 37.5 Å². The van der Waals surface area contributed by atoms with Gasteiger partial charge in [-0.05, 0) is 25.7 Å². The molecule has 0 amide bonds. The zero-order chi connectivity index (χ0) is 10.8. The molecule has 5 nitrogen and oxygen atoms in total. The maximum atomic E-state index is 5.85. The second-order valence-electron chi connectivity index (χ2n) is 4.43. The number of nitrogens with zero attached hydrogens (tertiary/aromatic N) is 3. The highest BCUT2D eigenvalue weighted by molar-refractivity contribution is 5.20. The average Bonchev–Trinajstić information content (AvgIpc) is 2.68. The zero-order valence-corrected chi connectivity index (χ0v) is 9.31. The van der Waals surface area contributed by atoms with Crippen molar-refractivity contribution in [3.8, 4) is 0 Å². The first-order valence-corrected chi connectivity index (χ1v) is 5.43. The second-order valence-corrected chi connectivity index (χ2v) is 4.43. The van der Waals surface area contributed by atoms with Gasteiger partial charge in [0, 0.05) is 26.1 Å². The quantitative estimate of drug-likeness (QED) is 0.792. The van der Waals surface area contributed by atoms with Gasteiger partial charge in [0.15, 0.2) is 0 Å². The van der Waals surface area contributed by atoms with Crippen molar-refractivity contribution in [3.05, 3.63) is 5.89 Å². The molecule has 0 saturated heterocycles. The summed E-state index contributed by atoms with van der Waals surface area (Å²) in [6.07, 6.45) is 4.25. The minimum Gasteiger partial charge on any atom is -0.408 e. The minimum atomic E-state index is 0.359. The Bertz CT molecular complexity index is 315. The SMILES string of the molecule is CN(C)c1nnc(C2CCC(N)CC2)o1. The van der Waals surface area contributed by atoms with Crippen LogP contribution in [0.15, 0.2) is 4.42 Å². The van der Waals surface area contributed by atoms with Gasteiger partial charge >= 0.3 is 6.01 Å². The summed E-state index contributed by atoms with van der Waals surface area (Å²) in [4.78, 5) is 1.82. The molecule has 1 aromatic heterocycles. The Labute approximate surface area is 89.6 Å². The van der Waals surface area contributed by atoms with Gasteiger partial charge in [0.25, 0.3) is 0 Å².